The molecule has 3 N–H and O–H groups in total. The highest BCUT2D eigenvalue weighted by Crippen LogP contribution is 2.37. The lowest BCUT2D eigenvalue weighted by atomic mass is 9.92. The fraction of sp³-hybridized carbons (Fsp3) is 0.455. The van der Waals surface area contributed by atoms with Crippen LogP contribution in [0.4, 0.5) is 23.8 Å². The molecule has 2 aromatic heterocycles. The van der Waals surface area contributed by atoms with Crippen molar-refractivity contribution in [3.05, 3.63) is 41.5 Å². The largest absolute Gasteiger partial charge is 0.444 e. The Hall–Kier alpha value is -3.57. The average molecular weight is 478 g/mol. The number of nitrogens with zero attached hydrogens (tertiary/aromatic N) is 4. The maximum Gasteiger partial charge on any atom is 0.416 e. The number of alkyl halides is 3. The predicted octanol–water partition coefficient (Wildman–Crippen LogP) is 3.57. The Bertz CT molecular complexity index is 1190. The van der Waals surface area contributed by atoms with E-state index in [1.54, 1.807) is 49.7 Å². The monoisotopic (exact) mass is 478 g/mol. The minimum Gasteiger partial charge on any atom is -0.444 e. The molecule has 0 bridgehead atoms. The quantitative estimate of drug-likeness (QED) is 0.700. The number of fused-ring (bicyclic) bond motifs is 1. The summed E-state index contributed by atoms with van der Waals surface area (Å²) in [6.45, 7) is 5.67. The Morgan fingerprint density at radius 1 is 1.21 bits per heavy atom. The first-order chi connectivity index (χ1) is 15.8. The van der Waals surface area contributed by atoms with E-state index in [1.165, 1.54) is 11.1 Å². The van der Waals surface area contributed by atoms with Gasteiger partial charge < -0.3 is 20.2 Å². The average Bonchev–Trinajstić information content (AvgIpc) is 3.06. The van der Waals surface area contributed by atoms with Gasteiger partial charge in [-0.1, -0.05) is 6.07 Å². The molecule has 9 nitrogen and oxygen atoms in total. The van der Waals surface area contributed by atoms with Gasteiger partial charge in [0.25, 0.3) is 0 Å². The van der Waals surface area contributed by atoms with Crippen LogP contribution in [0.5, 0.6) is 0 Å². The molecule has 2 atom stereocenters. The predicted molar refractivity (Wildman–Crippen MR) is 118 cm³/mol. The molecule has 0 unspecified atom stereocenters. The molecule has 0 aromatic carbocycles. The van der Waals surface area contributed by atoms with Crippen molar-refractivity contribution in [2.45, 2.75) is 57.3 Å². The molecule has 2 amide bonds. The first-order valence-corrected chi connectivity index (χ1v) is 10.7. The number of allylic oxidation sites excluding steroid dienone is 1. The van der Waals surface area contributed by atoms with Gasteiger partial charge in [-0.05, 0) is 45.2 Å². The van der Waals surface area contributed by atoms with Gasteiger partial charge in [0.15, 0.2) is 5.82 Å². The molecule has 2 aliphatic heterocycles. The third-order valence-corrected chi connectivity index (χ3v) is 5.57. The summed E-state index contributed by atoms with van der Waals surface area (Å²) in [5, 5.41) is 2.69. The number of rotatable bonds is 3. The summed E-state index contributed by atoms with van der Waals surface area (Å²) >= 11 is 0. The van der Waals surface area contributed by atoms with Gasteiger partial charge in [0.05, 0.1) is 11.8 Å². The minimum absolute atomic E-state index is 0.260. The van der Waals surface area contributed by atoms with Crippen molar-refractivity contribution in [1.82, 2.24) is 14.3 Å². The summed E-state index contributed by atoms with van der Waals surface area (Å²) in [5.41, 5.74) is 4.99. The Balaban J connectivity index is 1.46. The number of nitrogens with two attached hydrogens (primary N) is 1. The van der Waals surface area contributed by atoms with Crippen molar-refractivity contribution >= 4 is 29.7 Å². The summed E-state index contributed by atoms with van der Waals surface area (Å²) in [4.78, 5) is 34.3. The van der Waals surface area contributed by atoms with Gasteiger partial charge in [0.2, 0.25) is 5.91 Å². The number of imidazole rings is 1. The van der Waals surface area contributed by atoms with Crippen molar-refractivity contribution in [2.24, 2.45) is 10.7 Å². The lowest BCUT2D eigenvalue weighted by Gasteiger charge is -2.39. The minimum atomic E-state index is -4.55. The fourth-order valence-corrected chi connectivity index (χ4v) is 3.79. The van der Waals surface area contributed by atoms with E-state index in [4.69, 9.17) is 10.5 Å². The molecule has 2 aliphatic rings. The van der Waals surface area contributed by atoms with Gasteiger partial charge in [-0.3, -0.25) is 9.69 Å². The molecule has 4 rings (SSSR count). The molecule has 34 heavy (non-hydrogen) atoms. The van der Waals surface area contributed by atoms with Gasteiger partial charge in [0, 0.05) is 24.9 Å². The number of hydrogen-bond donors (Lipinski definition) is 2. The molecule has 0 spiro atoms. The number of carbonyl (C=O) groups excluding carboxylic acids is 2. The number of nitrogens with one attached hydrogen (secondary N) is 1. The summed E-state index contributed by atoms with van der Waals surface area (Å²) in [6.07, 6.45) is -0.325. The SMILES string of the molecule is CC(C)(C)OC(=O)N1CC[C@H]1C(=O)Nc1cn2cc([C@H]3C=NC(N)=C(C(F)(F)F)C3)ccc2n1. The van der Waals surface area contributed by atoms with Crippen LogP contribution in [0, 0.1) is 0 Å². The number of hydrogen-bond acceptors (Lipinski definition) is 6. The van der Waals surface area contributed by atoms with E-state index in [0.717, 1.165) is 0 Å². The van der Waals surface area contributed by atoms with Crippen LogP contribution in [0.15, 0.2) is 40.9 Å². The third kappa shape index (κ3) is 4.85. The van der Waals surface area contributed by atoms with Crippen molar-refractivity contribution < 1.29 is 27.5 Å². The van der Waals surface area contributed by atoms with E-state index in [0.29, 0.717) is 24.2 Å². The van der Waals surface area contributed by atoms with Crippen LogP contribution in [0.2, 0.25) is 0 Å². The van der Waals surface area contributed by atoms with Gasteiger partial charge in [-0.2, -0.15) is 13.2 Å². The maximum atomic E-state index is 13.2. The van der Waals surface area contributed by atoms with E-state index < -0.39 is 47.1 Å². The summed E-state index contributed by atoms with van der Waals surface area (Å²) in [7, 11) is 0. The maximum absolute atomic E-state index is 13.2. The summed E-state index contributed by atoms with van der Waals surface area (Å²) in [6, 6.07) is 2.65. The molecule has 4 heterocycles. The molecule has 0 saturated carbocycles. The van der Waals surface area contributed by atoms with Crippen LogP contribution >= 0.6 is 0 Å². The number of halogens is 3. The molecule has 12 heteroatoms. The first-order valence-electron chi connectivity index (χ1n) is 10.7. The van der Waals surface area contributed by atoms with Crippen LogP contribution in [0.3, 0.4) is 0 Å². The highest BCUT2D eigenvalue weighted by atomic mass is 19.4. The second-order valence-corrected chi connectivity index (χ2v) is 9.27. The zero-order chi connectivity index (χ0) is 24.8. The number of amides is 2. The molecule has 2 aromatic rings. The molecule has 1 saturated heterocycles. The number of aromatic nitrogens is 2. The highest BCUT2D eigenvalue weighted by molar-refractivity contribution is 5.97. The highest BCUT2D eigenvalue weighted by Gasteiger charge is 2.40. The number of aliphatic imine (C=N–C) groups is 1. The van der Waals surface area contributed by atoms with E-state index in [9.17, 15) is 22.8 Å². The molecule has 182 valence electrons. The number of anilines is 1. The van der Waals surface area contributed by atoms with E-state index in [-0.39, 0.29) is 12.2 Å². The summed E-state index contributed by atoms with van der Waals surface area (Å²) < 4.78 is 46.6. The third-order valence-electron chi connectivity index (χ3n) is 5.57. The molecule has 0 radical (unpaired) electrons. The number of ether oxygens (including phenoxy) is 1. The van der Waals surface area contributed by atoms with E-state index in [2.05, 4.69) is 15.3 Å². The summed E-state index contributed by atoms with van der Waals surface area (Å²) in [5.74, 6) is -1.26. The van der Waals surface area contributed by atoms with E-state index in [1.807, 2.05) is 0 Å². The molecule has 1 fully saturated rings. The Kier molecular flexibility index (Phi) is 5.78. The van der Waals surface area contributed by atoms with Crippen LogP contribution in [-0.2, 0) is 9.53 Å². The van der Waals surface area contributed by atoms with Crippen molar-refractivity contribution in [2.75, 3.05) is 11.9 Å². The number of likely N-dealkylation sites (tertiary alicyclic amines) is 1. The van der Waals surface area contributed by atoms with E-state index >= 15 is 0 Å². The van der Waals surface area contributed by atoms with Crippen LogP contribution in [-0.4, -0.2) is 56.9 Å². The smallest absolute Gasteiger partial charge is 0.416 e. The Morgan fingerprint density at radius 2 is 1.94 bits per heavy atom. The van der Waals surface area contributed by atoms with Crippen LogP contribution in [0.25, 0.3) is 5.65 Å². The Labute approximate surface area is 193 Å². The van der Waals surface area contributed by atoms with Gasteiger partial charge in [0.1, 0.15) is 23.1 Å². The Morgan fingerprint density at radius 3 is 2.56 bits per heavy atom. The first kappa shape index (κ1) is 23.6. The van der Waals surface area contributed by atoms with Crippen LogP contribution in [0.1, 0.15) is 45.1 Å². The van der Waals surface area contributed by atoms with Crippen LogP contribution < -0.4 is 11.1 Å². The second-order valence-electron chi connectivity index (χ2n) is 9.27. The second kappa shape index (κ2) is 8.33. The zero-order valence-corrected chi connectivity index (χ0v) is 18.9. The fourth-order valence-electron chi connectivity index (χ4n) is 3.79. The molecular weight excluding hydrogens is 453 g/mol. The number of pyridine rings is 1. The normalized spacial score (nSPS) is 20.9. The lowest BCUT2D eigenvalue weighted by molar-refractivity contribution is -0.125. The number of carbonyl (C=O) groups is 2. The van der Waals surface area contributed by atoms with Gasteiger partial charge >= 0.3 is 12.3 Å². The molecule has 0 aliphatic carbocycles. The van der Waals surface area contributed by atoms with Gasteiger partial charge in [-0.15, -0.1) is 0 Å². The standard InChI is InChI=1S/C22H25F3N6O3/c1-21(2,3)34-20(33)31-7-6-15(31)19(32)29-16-11-30-10-12(4-5-17(30)28-16)13-8-14(22(23,24)25)18(26)27-9-13/h4-5,9-11,13,15H,6-8,26H2,1-3H3,(H,29,32)/t13-,15+/m1/s1. The van der Waals surface area contributed by atoms with Gasteiger partial charge in [-0.25, -0.2) is 14.8 Å². The lowest BCUT2D eigenvalue weighted by Crippen LogP contribution is -2.57. The topological polar surface area (TPSA) is 114 Å². The zero-order valence-electron chi connectivity index (χ0n) is 18.9. The van der Waals surface area contributed by atoms with Crippen molar-refractivity contribution in [1.29, 1.82) is 0 Å². The molecular formula is C22H25F3N6O3. The van der Waals surface area contributed by atoms with Crippen molar-refractivity contribution in [3.63, 3.8) is 0 Å². The van der Waals surface area contributed by atoms with Crippen molar-refractivity contribution in [3.8, 4) is 0 Å².